The average molecular weight is 332 g/mol. The molecular formula is C17H20N2O5. The van der Waals surface area contributed by atoms with Crippen LogP contribution < -0.4 is 10.1 Å². The highest BCUT2D eigenvalue weighted by Gasteiger charge is 2.13. The summed E-state index contributed by atoms with van der Waals surface area (Å²) in [5, 5.41) is 6.47. The van der Waals surface area contributed by atoms with E-state index in [4.69, 9.17) is 14.0 Å². The number of aromatic nitrogens is 1. The lowest BCUT2D eigenvalue weighted by Crippen LogP contribution is -2.21. The van der Waals surface area contributed by atoms with Gasteiger partial charge in [-0.3, -0.25) is 9.59 Å². The number of carbonyl (C=O) groups excluding carboxylic acids is 2. The summed E-state index contributed by atoms with van der Waals surface area (Å²) < 4.78 is 15.0. The van der Waals surface area contributed by atoms with E-state index in [1.807, 2.05) is 6.92 Å². The van der Waals surface area contributed by atoms with Crippen LogP contribution in [0.25, 0.3) is 0 Å². The number of hydrogen-bond donors (Lipinski definition) is 1. The molecule has 24 heavy (non-hydrogen) atoms. The van der Waals surface area contributed by atoms with Crippen LogP contribution in [0, 0.1) is 13.8 Å². The van der Waals surface area contributed by atoms with Crippen molar-refractivity contribution in [3.63, 3.8) is 0 Å². The molecule has 128 valence electrons. The number of nitrogens with one attached hydrogen (secondary N) is 1. The zero-order valence-electron chi connectivity index (χ0n) is 13.9. The van der Waals surface area contributed by atoms with Gasteiger partial charge in [-0.2, -0.15) is 0 Å². The van der Waals surface area contributed by atoms with Gasteiger partial charge in [-0.25, -0.2) is 0 Å². The lowest BCUT2D eigenvalue weighted by Gasteiger charge is -2.07. The van der Waals surface area contributed by atoms with Crippen LogP contribution in [0.4, 0.5) is 5.69 Å². The Bertz CT molecular complexity index is 687. The topological polar surface area (TPSA) is 90.7 Å². The molecule has 1 amide bonds. The second-order valence-electron chi connectivity index (χ2n) is 5.24. The van der Waals surface area contributed by atoms with Gasteiger partial charge in [-0.05, 0) is 44.5 Å². The molecule has 0 aliphatic heterocycles. The summed E-state index contributed by atoms with van der Waals surface area (Å²) in [5.41, 5.74) is 2.26. The normalized spacial score (nSPS) is 10.3. The molecule has 0 atom stereocenters. The number of nitrogens with zero attached hydrogens (tertiary/aromatic N) is 1. The van der Waals surface area contributed by atoms with Crippen molar-refractivity contribution in [2.45, 2.75) is 26.7 Å². The summed E-state index contributed by atoms with van der Waals surface area (Å²) in [4.78, 5) is 23.5. The maximum absolute atomic E-state index is 11.8. The van der Waals surface area contributed by atoms with Gasteiger partial charge in [0.1, 0.15) is 11.5 Å². The molecule has 0 saturated heterocycles. The van der Waals surface area contributed by atoms with Crippen LogP contribution in [-0.4, -0.2) is 30.7 Å². The van der Waals surface area contributed by atoms with Crippen LogP contribution in [0.15, 0.2) is 28.8 Å². The summed E-state index contributed by atoms with van der Waals surface area (Å²) in [6.07, 6.45) is 0.638. The van der Waals surface area contributed by atoms with Crippen LogP contribution in [-0.2, 0) is 20.7 Å². The Labute approximate surface area is 139 Å². The summed E-state index contributed by atoms with van der Waals surface area (Å²) in [7, 11) is 1.57. The number of hydrogen-bond acceptors (Lipinski definition) is 6. The monoisotopic (exact) mass is 332 g/mol. The zero-order chi connectivity index (χ0) is 17.5. The molecule has 2 aromatic rings. The molecule has 0 radical (unpaired) electrons. The highest BCUT2D eigenvalue weighted by atomic mass is 16.5. The van der Waals surface area contributed by atoms with Crippen molar-refractivity contribution in [3.05, 3.63) is 41.3 Å². The fraction of sp³-hybridized carbons (Fsp3) is 0.353. The summed E-state index contributed by atoms with van der Waals surface area (Å²) >= 11 is 0. The van der Waals surface area contributed by atoms with Crippen LogP contribution in [0.5, 0.6) is 5.75 Å². The first kappa shape index (κ1) is 17.5. The van der Waals surface area contributed by atoms with E-state index in [0.717, 1.165) is 11.3 Å². The zero-order valence-corrected chi connectivity index (χ0v) is 13.9. The Morgan fingerprint density at radius 1 is 1.21 bits per heavy atom. The maximum atomic E-state index is 11.8. The van der Waals surface area contributed by atoms with E-state index in [2.05, 4.69) is 10.5 Å². The molecule has 0 saturated carbocycles. The van der Waals surface area contributed by atoms with Gasteiger partial charge in [0.25, 0.3) is 5.91 Å². The van der Waals surface area contributed by atoms with Crippen molar-refractivity contribution >= 4 is 17.6 Å². The van der Waals surface area contributed by atoms with Gasteiger partial charge in [-0.1, -0.05) is 5.16 Å². The van der Waals surface area contributed by atoms with Gasteiger partial charge in [0.05, 0.1) is 12.8 Å². The number of aryl methyl sites for hydroxylation is 2. The van der Waals surface area contributed by atoms with Crippen molar-refractivity contribution < 1.29 is 23.6 Å². The van der Waals surface area contributed by atoms with E-state index >= 15 is 0 Å². The third-order valence-electron chi connectivity index (χ3n) is 3.50. The van der Waals surface area contributed by atoms with Gasteiger partial charge >= 0.3 is 5.97 Å². The first-order chi connectivity index (χ1) is 11.5. The van der Waals surface area contributed by atoms with Crippen molar-refractivity contribution in [2.24, 2.45) is 0 Å². The predicted molar refractivity (Wildman–Crippen MR) is 86.9 cm³/mol. The number of benzene rings is 1. The molecule has 7 nitrogen and oxygen atoms in total. The maximum Gasteiger partial charge on any atom is 0.306 e. The standard InChI is InChI=1S/C17H20N2O5/c1-11-15(12(2)24-19-11)8-9-17(21)23-10-16(20)18-13-4-6-14(22-3)7-5-13/h4-7H,8-10H2,1-3H3,(H,18,20). The number of esters is 1. The number of methoxy groups -OCH3 is 1. The lowest BCUT2D eigenvalue weighted by molar-refractivity contribution is -0.147. The van der Waals surface area contributed by atoms with Crippen molar-refractivity contribution in [1.82, 2.24) is 5.16 Å². The van der Waals surface area contributed by atoms with Crippen LogP contribution in [0.3, 0.4) is 0 Å². The van der Waals surface area contributed by atoms with E-state index < -0.39 is 11.9 Å². The Morgan fingerprint density at radius 2 is 1.92 bits per heavy atom. The minimum Gasteiger partial charge on any atom is -0.497 e. The minimum atomic E-state index is -0.445. The number of ether oxygens (including phenoxy) is 2. The first-order valence-corrected chi connectivity index (χ1v) is 7.51. The molecule has 0 unspecified atom stereocenters. The van der Waals surface area contributed by atoms with E-state index in [9.17, 15) is 9.59 Å². The molecule has 0 bridgehead atoms. The van der Waals surface area contributed by atoms with Gasteiger partial charge in [0.15, 0.2) is 6.61 Å². The number of rotatable bonds is 7. The van der Waals surface area contributed by atoms with Crippen LogP contribution in [0.2, 0.25) is 0 Å². The molecule has 0 aliphatic rings. The minimum absolute atomic E-state index is 0.165. The van der Waals surface area contributed by atoms with E-state index in [0.29, 0.717) is 23.6 Å². The third-order valence-corrected chi connectivity index (χ3v) is 3.50. The smallest absolute Gasteiger partial charge is 0.306 e. The average Bonchev–Trinajstić information content (AvgIpc) is 2.90. The van der Waals surface area contributed by atoms with Crippen molar-refractivity contribution in [1.29, 1.82) is 0 Å². The molecule has 1 N–H and O–H groups in total. The second kappa shape index (κ2) is 8.14. The van der Waals surface area contributed by atoms with Gasteiger partial charge in [0, 0.05) is 17.7 Å². The Kier molecular flexibility index (Phi) is 5.95. The molecule has 1 aromatic carbocycles. The molecule has 0 fully saturated rings. The molecular weight excluding hydrogens is 312 g/mol. The molecule has 1 heterocycles. The fourth-order valence-electron chi connectivity index (χ4n) is 2.18. The van der Waals surface area contributed by atoms with Crippen LogP contribution in [0.1, 0.15) is 23.4 Å². The molecule has 1 aromatic heterocycles. The highest BCUT2D eigenvalue weighted by molar-refractivity contribution is 5.92. The van der Waals surface area contributed by atoms with Crippen LogP contribution >= 0.6 is 0 Å². The van der Waals surface area contributed by atoms with E-state index in [1.165, 1.54) is 0 Å². The first-order valence-electron chi connectivity index (χ1n) is 7.51. The molecule has 2 rings (SSSR count). The van der Waals surface area contributed by atoms with E-state index in [-0.39, 0.29) is 13.0 Å². The summed E-state index contributed by atoms with van der Waals surface area (Å²) in [6, 6.07) is 6.86. The SMILES string of the molecule is COc1ccc(NC(=O)COC(=O)CCc2c(C)noc2C)cc1. The van der Waals surface area contributed by atoms with Crippen molar-refractivity contribution in [2.75, 3.05) is 19.0 Å². The van der Waals surface area contributed by atoms with Gasteiger partial charge < -0.3 is 19.3 Å². The predicted octanol–water partition coefficient (Wildman–Crippen LogP) is 2.41. The summed E-state index contributed by atoms with van der Waals surface area (Å²) in [5.74, 6) is 0.544. The molecule has 0 spiro atoms. The number of amides is 1. The van der Waals surface area contributed by atoms with Gasteiger partial charge in [0.2, 0.25) is 0 Å². The third kappa shape index (κ3) is 4.84. The quantitative estimate of drug-likeness (QED) is 0.783. The highest BCUT2D eigenvalue weighted by Crippen LogP contribution is 2.15. The van der Waals surface area contributed by atoms with Gasteiger partial charge in [-0.15, -0.1) is 0 Å². The van der Waals surface area contributed by atoms with E-state index in [1.54, 1.807) is 38.3 Å². The number of anilines is 1. The number of carbonyl (C=O) groups is 2. The fourth-order valence-corrected chi connectivity index (χ4v) is 2.18. The Morgan fingerprint density at radius 3 is 2.50 bits per heavy atom. The summed E-state index contributed by atoms with van der Waals surface area (Å²) in [6.45, 7) is 3.29. The second-order valence-corrected chi connectivity index (χ2v) is 5.24. The Hall–Kier alpha value is -2.83. The largest absolute Gasteiger partial charge is 0.497 e. The molecule has 7 heteroatoms. The Balaban J connectivity index is 1.73. The van der Waals surface area contributed by atoms with Crippen molar-refractivity contribution in [3.8, 4) is 5.75 Å². The molecule has 0 aliphatic carbocycles. The lowest BCUT2D eigenvalue weighted by atomic mass is 10.1.